The summed E-state index contributed by atoms with van der Waals surface area (Å²) >= 11 is 0. The smallest absolute Gasteiger partial charge is 0.413 e. The van der Waals surface area contributed by atoms with Gasteiger partial charge in [-0.2, -0.15) is 0 Å². The van der Waals surface area contributed by atoms with E-state index in [-0.39, 0.29) is 96.8 Å². The quantitative estimate of drug-likeness (QED) is 0.0766. The third-order valence-corrected chi connectivity index (χ3v) is 14.1. The Labute approximate surface area is 483 Å². The molecular weight excluding hydrogens is 1080 g/mol. The van der Waals surface area contributed by atoms with Gasteiger partial charge < -0.3 is 49.2 Å². The fourth-order valence-electron chi connectivity index (χ4n) is 9.89. The van der Waals surface area contributed by atoms with Crippen molar-refractivity contribution in [1.29, 1.82) is 0 Å². The molecule has 2 aromatic heterocycles. The number of methoxy groups -OCH3 is 2. The molecule has 6 aromatic carbocycles. The standard InChI is InChI=1S/C38H34FN3O6.C25H24FN3O6.CH4/c1-23(2)31(37(44)46-3)41-38(45)48-34-28-15-10-20-40-32(28)35(47-33(25-11-6-4-7-12-25)26-13-8-5-9-14-26)30-29(34)22-42(36(30)43)21-24-16-18-27(39)19-17-24;1-13(2)19(24(32)34-3)28-25(33)35-22-16-5-4-10-27-20(16)21(30)18-17(22)12-29(23(18)31)11-14-6-8-15(26)9-7-14;/h4-20,23,31,33H,21-22H2,1-3H3,(H,41,45);4-10,13,19,30H,11-12H2,1-3H3,(H,28,33);1H4. The number of benzene rings is 6. The first-order valence-corrected chi connectivity index (χ1v) is 26.5. The van der Waals surface area contributed by atoms with Gasteiger partial charge in [-0.25, -0.2) is 28.0 Å². The number of phenols is 1. The van der Waals surface area contributed by atoms with E-state index in [0.717, 1.165) is 11.1 Å². The van der Waals surface area contributed by atoms with Crippen molar-refractivity contribution in [3.63, 3.8) is 0 Å². The third kappa shape index (κ3) is 12.9. The number of pyridine rings is 2. The second-order valence-corrected chi connectivity index (χ2v) is 20.3. The highest BCUT2D eigenvalue weighted by Crippen LogP contribution is 2.47. The van der Waals surface area contributed by atoms with Crippen molar-refractivity contribution in [2.75, 3.05) is 14.2 Å². The van der Waals surface area contributed by atoms with Crippen molar-refractivity contribution in [3.05, 3.63) is 202 Å². The number of hydrogen-bond donors (Lipinski definition) is 3. The molecule has 0 bridgehead atoms. The number of halogens is 2. The number of amides is 4. The Morgan fingerprint density at radius 1 is 0.560 bits per heavy atom. The highest BCUT2D eigenvalue weighted by molar-refractivity contribution is 6.10. The maximum absolute atomic E-state index is 14.3. The molecule has 84 heavy (non-hydrogen) atoms. The highest BCUT2D eigenvalue weighted by atomic mass is 19.1. The predicted molar refractivity (Wildman–Crippen MR) is 307 cm³/mol. The molecule has 2 aliphatic rings. The summed E-state index contributed by atoms with van der Waals surface area (Å²) in [6, 6.07) is 35.7. The van der Waals surface area contributed by atoms with E-state index in [0.29, 0.717) is 38.5 Å². The van der Waals surface area contributed by atoms with Crippen LogP contribution in [-0.2, 0) is 45.2 Å². The fraction of sp³-hybridized carbons (Fsp3) is 0.250. The first-order valence-electron chi connectivity index (χ1n) is 26.5. The third-order valence-electron chi connectivity index (χ3n) is 14.1. The number of nitrogens with zero attached hydrogens (tertiary/aromatic N) is 4. The Kier molecular flexibility index (Phi) is 18.8. The zero-order chi connectivity index (χ0) is 59.1. The molecule has 18 nitrogen and oxygen atoms in total. The Balaban J connectivity index is 0.000000227. The molecule has 3 N–H and O–H groups in total. The van der Waals surface area contributed by atoms with E-state index in [1.807, 2.05) is 60.7 Å². The molecule has 4 amide bonds. The molecular formula is C64H62F2N6O12. The van der Waals surface area contributed by atoms with Gasteiger partial charge in [-0.1, -0.05) is 120 Å². The van der Waals surface area contributed by atoms with Crippen molar-refractivity contribution in [1.82, 2.24) is 30.4 Å². The molecule has 2 atom stereocenters. The van der Waals surface area contributed by atoms with E-state index in [9.17, 15) is 42.7 Å². The van der Waals surface area contributed by atoms with Gasteiger partial charge in [0, 0.05) is 47.4 Å². The molecule has 8 aromatic rings. The van der Waals surface area contributed by atoms with Crippen LogP contribution < -0.4 is 24.8 Å². The topological polar surface area (TPSA) is 225 Å². The van der Waals surface area contributed by atoms with Gasteiger partial charge in [-0.05, 0) is 82.6 Å². The molecule has 0 aliphatic carbocycles. The van der Waals surface area contributed by atoms with Crippen LogP contribution in [0.1, 0.15) is 95.3 Å². The lowest BCUT2D eigenvalue weighted by atomic mass is 9.99. The second kappa shape index (κ2) is 26.3. The zero-order valence-electron chi connectivity index (χ0n) is 46.1. The number of esters is 2. The minimum absolute atomic E-state index is 0. The molecule has 0 radical (unpaired) electrons. The summed E-state index contributed by atoms with van der Waals surface area (Å²) in [5.41, 5.74) is 4.46. The van der Waals surface area contributed by atoms with Gasteiger partial charge in [0.05, 0.1) is 38.4 Å². The average Bonchev–Trinajstić information content (AvgIpc) is 4.19. The fourth-order valence-corrected chi connectivity index (χ4v) is 9.89. The van der Waals surface area contributed by atoms with E-state index in [1.165, 1.54) is 49.6 Å². The molecule has 0 saturated carbocycles. The maximum Gasteiger partial charge on any atom is 0.413 e. The van der Waals surface area contributed by atoms with Crippen LogP contribution in [0.4, 0.5) is 18.4 Å². The number of fused-ring (bicyclic) bond motifs is 4. The summed E-state index contributed by atoms with van der Waals surface area (Å²) < 4.78 is 55.1. The second-order valence-electron chi connectivity index (χ2n) is 20.3. The van der Waals surface area contributed by atoms with Crippen LogP contribution in [0.3, 0.4) is 0 Å². The van der Waals surface area contributed by atoms with E-state index < -0.39 is 54.0 Å². The minimum atomic E-state index is -0.961. The highest BCUT2D eigenvalue weighted by Gasteiger charge is 2.40. The van der Waals surface area contributed by atoms with Crippen LogP contribution in [0, 0.1) is 23.5 Å². The minimum Gasteiger partial charge on any atom is -0.505 e. The average molecular weight is 1150 g/mol. The van der Waals surface area contributed by atoms with E-state index in [2.05, 4.69) is 20.6 Å². The van der Waals surface area contributed by atoms with Gasteiger partial charge in [0.2, 0.25) is 0 Å². The molecule has 0 fully saturated rings. The molecule has 4 heterocycles. The lowest BCUT2D eigenvalue weighted by Crippen LogP contribution is -2.46. The van der Waals surface area contributed by atoms with E-state index in [4.69, 9.17) is 23.7 Å². The largest absolute Gasteiger partial charge is 0.505 e. The molecule has 2 aliphatic heterocycles. The molecule has 0 spiro atoms. The van der Waals surface area contributed by atoms with Crippen molar-refractivity contribution >= 4 is 57.7 Å². The number of rotatable bonds is 16. The first-order chi connectivity index (χ1) is 40.0. The molecule has 0 saturated heterocycles. The van der Waals surface area contributed by atoms with Crippen molar-refractivity contribution < 1.29 is 66.3 Å². The predicted octanol–water partition coefficient (Wildman–Crippen LogP) is 11.1. The Morgan fingerprint density at radius 2 is 0.964 bits per heavy atom. The van der Waals surface area contributed by atoms with Crippen LogP contribution in [0.2, 0.25) is 0 Å². The first kappa shape index (κ1) is 60.1. The van der Waals surface area contributed by atoms with Gasteiger partial charge in [0.25, 0.3) is 11.8 Å². The van der Waals surface area contributed by atoms with E-state index in [1.54, 1.807) is 87.3 Å². The summed E-state index contributed by atoms with van der Waals surface area (Å²) in [7, 11) is 2.47. The van der Waals surface area contributed by atoms with Gasteiger partial charge in [0.1, 0.15) is 52.4 Å². The Bertz CT molecular complexity index is 3700. The summed E-state index contributed by atoms with van der Waals surface area (Å²) in [5, 5.41) is 16.7. The van der Waals surface area contributed by atoms with Crippen LogP contribution >= 0.6 is 0 Å². The number of carbonyl (C=O) groups excluding carboxylic acids is 6. The molecule has 2 unspecified atom stereocenters. The summed E-state index contributed by atoms with van der Waals surface area (Å²) in [4.78, 5) is 90.0. The SMILES string of the molecule is C.COC(=O)C(NC(=O)Oc1c2c(c(O)c3ncccc13)C(=O)N(Cc1ccc(F)cc1)C2)C(C)C.COC(=O)C(NC(=O)Oc1c2c(c(OC(c3ccccc3)c3ccccc3)c3ncccc13)C(=O)N(Cc1ccc(F)cc1)C2)C(C)C. The normalized spacial score (nSPS) is 13.1. The summed E-state index contributed by atoms with van der Waals surface area (Å²) in [6.45, 7) is 7.46. The lowest BCUT2D eigenvalue weighted by Gasteiger charge is -2.24. The number of aromatic nitrogens is 2. The number of hydrogen-bond acceptors (Lipinski definition) is 14. The number of ether oxygens (including phenoxy) is 5. The Morgan fingerprint density at radius 3 is 1.39 bits per heavy atom. The van der Waals surface area contributed by atoms with Crippen molar-refractivity contribution in [2.45, 2.75) is 79.5 Å². The molecule has 434 valence electrons. The van der Waals surface area contributed by atoms with Gasteiger partial charge >= 0.3 is 24.1 Å². The lowest BCUT2D eigenvalue weighted by molar-refractivity contribution is -0.144. The summed E-state index contributed by atoms with van der Waals surface area (Å²) in [6.07, 6.45) is 0.600. The zero-order valence-corrected chi connectivity index (χ0v) is 46.1. The number of phenolic OH excluding ortho intramolecular Hbond substituents is 1. The van der Waals surface area contributed by atoms with E-state index >= 15 is 0 Å². The van der Waals surface area contributed by atoms with Crippen LogP contribution in [0.15, 0.2) is 146 Å². The van der Waals surface area contributed by atoms with Crippen molar-refractivity contribution in [2.24, 2.45) is 11.8 Å². The van der Waals surface area contributed by atoms with Crippen LogP contribution in [0.25, 0.3) is 21.8 Å². The van der Waals surface area contributed by atoms with Gasteiger partial charge in [0.15, 0.2) is 11.5 Å². The monoisotopic (exact) mass is 1140 g/mol. The summed E-state index contributed by atoms with van der Waals surface area (Å²) in [5.74, 6) is -3.31. The Hall–Kier alpha value is -9.98. The van der Waals surface area contributed by atoms with Crippen molar-refractivity contribution in [3.8, 4) is 23.0 Å². The van der Waals surface area contributed by atoms with Gasteiger partial charge in [-0.3, -0.25) is 19.6 Å². The number of carbonyl (C=O) groups is 6. The number of nitrogens with one attached hydrogen (secondary N) is 2. The maximum atomic E-state index is 14.3. The van der Waals surface area contributed by atoms with Crippen LogP contribution in [0.5, 0.6) is 23.0 Å². The molecule has 20 heteroatoms. The molecule has 10 rings (SSSR count). The van der Waals surface area contributed by atoms with Gasteiger partial charge in [-0.15, -0.1) is 0 Å². The van der Waals surface area contributed by atoms with Crippen LogP contribution in [-0.4, -0.2) is 87.1 Å². The number of aromatic hydroxyl groups is 1.